The first kappa shape index (κ1) is 12.2. The number of rotatable bonds is 3. The number of ketones is 1. The lowest BCUT2D eigenvalue weighted by molar-refractivity contribution is -0.172. The summed E-state index contributed by atoms with van der Waals surface area (Å²) in [6, 6.07) is 0. The number of carbonyl (C=O) groups excluding carboxylic acids is 2. The molecule has 4 rings (SSSR count). The highest BCUT2D eigenvalue weighted by atomic mass is 16.5. The molecule has 4 saturated carbocycles. The highest BCUT2D eigenvalue weighted by Crippen LogP contribution is 2.59. The summed E-state index contributed by atoms with van der Waals surface area (Å²) >= 11 is 0. The van der Waals surface area contributed by atoms with Crippen molar-refractivity contribution in [2.75, 3.05) is 0 Å². The molecule has 0 aliphatic heterocycles. The van der Waals surface area contributed by atoms with Crippen LogP contribution in [0.4, 0.5) is 0 Å². The second-order valence-corrected chi connectivity index (χ2v) is 6.94. The first-order chi connectivity index (χ1) is 8.44. The predicted octanol–water partition coefficient (Wildman–Crippen LogP) is 2.58. The number of carbonyl (C=O) groups is 2. The van der Waals surface area contributed by atoms with Crippen LogP contribution in [-0.2, 0) is 14.3 Å². The molecular formula is C15H22O3. The fourth-order valence-corrected chi connectivity index (χ4v) is 4.05. The Morgan fingerprint density at radius 1 is 1.33 bits per heavy atom. The fraction of sp³-hybridized carbons (Fsp3) is 0.867. The molecule has 4 fully saturated rings. The first-order valence-electron chi connectivity index (χ1n) is 7.18. The van der Waals surface area contributed by atoms with Gasteiger partial charge < -0.3 is 4.74 Å². The van der Waals surface area contributed by atoms with Gasteiger partial charge in [0.2, 0.25) is 0 Å². The van der Waals surface area contributed by atoms with Crippen LogP contribution in [0.2, 0.25) is 0 Å². The average Bonchev–Trinajstić information content (AvgIpc) is 2.85. The van der Waals surface area contributed by atoms with Crippen molar-refractivity contribution in [3.8, 4) is 0 Å². The summed E-state index contributed by atoms with van der Waals surface area (Å²) in [5, 5.41) is 0. The Morgan fingerprint density at radius 2 is 2.06 bits per heavy atom. The van der Waals surface area contributed by atoms with E-state index in [1.165, 1.54) is 0 Å². The van der Waals surface area contributed by atoms with Gasteiger partial charge in [-0.05, 0) is 39.0 Å². The Morgan fingerprint density at radius 3 is 2.67 bits per heavy atom. The zero-order chi connectivity index (χ0) is 13.1. The molecule has 0 aromatic carbocycles. The minimum Gasteiger partial charge on any atom is -0.461 e. The smallest absolute Gasteiger partial charge is 0.311 e. The molecule has 4 bridgehead atoms. The third kappa shape index (κ3) is 1.55. The van der Waals surface area contributed by atoms with E-state index in [0.717, 1.165) is 19.3 Å². The quantitative estimate of drug-likeness (QED) is 0.723. The van der Waals surface area contributed by atoms with Crippen LogP contribution in [0.15, 0.2) is 0 Å². The topological polar surface area (TPSA) is 43.4 Å². The van der Waals surface area contributed by atoms with E-state index >= 15 is 0 Å². The number of fused-ring (bicyclic) bond motifs is 1. The van der Waals surface area contributed by atoms with E-state index in [0.29, 0.717) is 30.0 Å². The Balaban J connectivity index is 1.73. The zero-order valence-electron chi connectivity index (χ0n) is 11.4. The summed E-state index contributed by atoms with van der Waals surface area (Å²) in [7, 11) is 0. The van der Waals surface area contributed by atoms with E-state index < -0.39 is 5.41 Å². The number of esters is 1. The molecule has 0 spiro atoms. The maximum Gasteiger partial charge on any atom is 0.311 e. The molecule has 0 N–H and O–H groups in total. The van der Waals surface area contributed by atoms with Gasteiger partial charge in [-0.1, -0.05) is 6.92 Å². The molecule has 0 heterocycles. The van der Waals surface area contributed by atoms with Crippen LogP contribution < -0.4 is 0 Å². The minimum atomic E-state index is -0.398. The number of ether oxygens (including phenoxy) is 1. The first-order valence-corrected chi connectivity index (χ1v) is 7.18. The highest BCUT2D eigenvalue weighted by Gasteiger charge is 2.61. The lowest BCUT2D eigenvalue weighted by atomic mass is 9.68. The van der Waals surface area contributed by atoms with Gasteiger partial charge in [0.1, 0.15) is 11.9 Å². The number of hydrogen-bond acceptors (Lipinski definition) is 3. The van der Waals surface area contributed by atoms with E-state index in [1.807, 2.05) is 20.8 Å². The molecule has 0 amide bonds. The van der Waals surface area contributed by atoms with Gasteiger partial charge in [0.15, 0.2) is 0 Å². The Labute approximate surface area is 108 Å². The van der Waals surface area contributed by atoms with Crippen molar-refractivity contribution in [3.05, 3.63) is 0 Å². The van der Waals surface area contributed by atoms with Crippen LogP contribution in [0.3, 0.4) is 0 Å². The molecule has 5 unspecified atom stereocenters. The summed E-state index contributed by atoms with van der Waals surface area (Å²) in [6.45, 7) is 5.88. The molecule has 4 aliphatic rings. The molecule has 3 nitrogen and oxygen atoms in total. The summed E-state index contributed by atoms with van der Waals surface area (Å²) in [6.07, 6.45) is 3.63. The van der Waals surface area contributed by atoms with Crippen molar-refractivity contribution >= 4 is 11.8 Å². The SMILES string of the molecule is CCC(C)(C)C(=O)OC1C2CC(=O)C3CC2CC31. The van der Waals surface area contributed by atoms with Crippen molar-refractivity contribution in [2.24, 2.45) is 29.1 Å². The van der Waals surface area contributed by atoms with Crippen LogP contribution in [0.1, 0.15) is 46.5 Å². The van der Waals surface area contributed by atoms with Gasteiger partial charge in [-0.3, -0.25) is 9.59 Å². The summed E-state index contributed by atoms with van der Waals surface area (Å²) in [4.78, 5) is 24.0. The van der Waals surface area contributed by atoms with Crippen LogP contribution in [0, 0.1) is 29.1 Å². The largest absolute Gasteiger partial charge is 0.461 e. The number of Topliss-reactive ketones (excluding diaryl/α,β-unsaturated/α-hetero) is 1. The lowest BCUT2D eigenvalue weighted by Gasteiger charge is -2.41. The predicted molar refractivity (Wildman–Crippen MR) is 66.8 cm³/mol. The standard InChI is InChI=1S/C15H22O3/c1-4-15(2,3)14(17)18-13-9-7-12(16)10-5-8(9)6-11(10)13/h8-11,13H,4-7H2,1-3H3. The van der Waals surface area contributed by atoms with E-state index in [1.54, 1.807) is 0 Å². The molecule has 100 valence electrons. The fourth-order valence-electron chi connectivity index (χ4n) is 4.05. The van der Waals surface area contributed by atoms with Crippen LogP contribution >= 0.6 is 0 Å². The van der Waals surface area contributed by atoms with Crippen molar-refractivity contribution in [1.29, 1.82) is 0 Å². The lowest BCUT2D eigenvalue weighted by Crippen LogP contribution is -2.47. The van der Waals surface area contributed by atoms with Crippen molar-refractivity contribution in [1.82, 2.24) is 0 Å². The minimum absolute atomic E-state index is 0.0322. The van der Waals surface area contributed by atoms with Gasteiger partial charge in [0.05, 0.1) is 5.41 Å². The van der Waals surface area contributed by atoms with Gasteiger partial charge in [-0.15, -0.1) is 0 Å². The molecule has 3 heteroatoms. The van der Waals surface area contributed by atoms with E-state index in [4.69, 9.17) is 4.74 Å². The molecule has 0 aromatic rings. The van der Waals surface area contributed by atoms with E-state index in [9.17, 15) is 9.59 Å². The number of hydrogen-bond donors (Lipinski definition) is 0. The van der Waals surface area contributed by atoms with E-state index in [2.05, 4.69) is 0 Å². The van der Waals surface area contributed by atoms with E-state index in [-0.39, 0.29) is 18.0 Å². The Kier molecular flexibility index (Phi) is 2.58. The Hall–Kier alpha value is -0.860. The molecule has 0 aromatic heterocycles. The summed E-state index contributed by atoms with van der Waals surface area (Å²) in [5.74, 6) is 1.83. The highest BCUT2D eigenvalue weighted by molar-refractivity contribution is 5.85. The maximum absolute atomic E-state index is 12.2. The average molecular weight is 250 g/mol. The summed E-state index contributed by atoms with van der Waals surface area (Å²) < 4.78 is 5.79. The van der Waals surface area contributed by atoms with Crippen LogP contribution in [0.5, 0.6) is 0 Å². The van der Waals surface area contributed by atoms with Crippen LogP contribution in [0.25, 0.3) is 0 Å². The van der Waals surface area contributed by atoms with Crippen molar-refractivity contribution in [2.45, 2.75) is 52.6 Å². The van der Waals surface area contributed by atoms with Gasteiger partial charge in [0.25, 0.3) is 0 Å². The normalized spacial score (nSPS) is 41.5. The van der Waals surface area contributed by atoms with Crippen molar-refractivity contribution in [3.63, 3.8) is 0 Å². The van der Waals surface area contributed by atoms with Gasteiger partial charge in [0, 0.05) is 24.2 Å². The molecule has 4 aliphatic carbocycles. The zero-order valence-corrected chi connectivity index (χ0v) is 11.4. The third-order valence-corrected chi connectivity index (χ3v) is 5.63. The second kappa shape index (κ2) is 3.82. The monoisotopic (exact) mass is 250 g/mol. The van der Waals surface area contributed by atoms with Crippen LogP contribution in [-0.4, -0.2) is 17.9 Å². The third-order valence-electron chi connectivity index (χ3n) is 5.63. The van der Waals surface area contributed by atoms with Gasteiger partial charge in [-0.2, -0.15) is 0 Å². The molecule has 5 atom stereocenters. The molecule has 0 saturated heterocycles. The molecule has 18 heavy (non-hydrogen) atoms. The molecule has 0 radical (unpaired) electrons. The maximum atomic E-state index is 12.2. The molecular weight excluding hydrogens is 228 g/mol. The Bertz CT molecular complexity index is 397. The van der Waals surface area contributed by atoms with Gasteiger partial charge in [-0.25, -0.2) is 0 Å². The van der Waals surface area contributed by atoms with Gasteiger partial charge >= 0.3 is 5.97 Å². The summed E-state index contributed by atoms with van der Waals surface area (Å²) in [5.41, 5.74) is -0.398. The van der Waals surface area contributed by atoms with Crippen molar-refractivity contribution < 1.29 is 14.3 Å². The second-order valence-electron chi connectivity index (χ2n) is 6.94.